The quantitative estimate of drug-likeness (QED) is 0.878. The summed E-state index contributed by atoms with van der Waals surface area (Å²) in [5, 5.41) is 3.33. The first-order chi connectivity index (χ1) is 8.63. The molecule has 1 aromatic carbocycles. The molecule has 2 rings (SSSR count). The van der Waals surface area contributed by atoms with Gasteiger partial charge in [0.1, 0.15) is 0 Å². The van der Waals surface area contributed by atoms with E-state index in [9.17, 15) is 0 Å². The molecule has 2 nitrogen and oxygen atoms in total. The average Bonchev–Trinajstić information content (AvgIpc) is 2.77. The van der Waals surface area contributed by atoms with Crippen molar-refractivity contribution in [3.63, 3.8) is 0 Å². The Bertz CT molecular complexity index is 400. The fourth-order valence-corrected chi connectivity index (χ4v) is 3.30. The lowest BCUT2D eigenvalue weighted by Crippen LogP contribution is -2.38. The second kappa shape index (κ2) is 5.85. The number of benzene rings is 1. The number of hydrogen-bond donors (Lipinski definition) is 1. The lowest BCUT2D eigenvalue weighted by Gasteiger charge is -2.32. The van der Waals surface area contributed by atoms with E-state index in [1.807, 2.05) is 0 Å². The van der Waals surface area contributed by atoms with Crippen LogP contribution in [-0.4, -0.2) is 31.1 Å². The molecule has 2 heteroatoms. The van der Waals surface area contributed by atoms with Gasteiger partial charge in [-0.15, -0.1) is 0 Å². The van der Waals surface area contributed by atoms with E-state index >= 15 is 0 Å². The van der Waals surface area contributed by atoms with Crippen LogP contribution in [0.2, 0.25) is 0 Å². The molecule has 1 N–H and O–H groups in total. The van der Waals surface area contributed by atoms with Gasteiger partial charge >= 0.3 is 0 Å². The van der Waals surface area contributed by atoms with E-state index in [-0.39, 0.29) is 0 Å². The van der Waals surface area contributed by atoms with Crippen LogP contribution in [0.4, 0.5) is 0 Å². The van der Waals surface area contributed by atoms with E-state index in [0.29, 0.717) is 12.1 Å². The predicted molar refractivity (Wildman–Crippen MR) is 78.0 cm³/mol. The van der Waals surface area contributed by atoms with Crippen molar-refractivity contribution in [1.29, 1.82) is 0 Å². The number of aryl methyl sites for hydroxylation is 2. The number of hydrogen-bond acceptors (Lipinski definition) is 2. The standard InChI is InChI=1S/C16H26N2/c1-12-7-8-16(13(2)10-12)14(3)18-9-5-6-15(18)11-17-4/h7-8,10,14-15,17H,5-6,9,11H2,1-4H3. The third-order valence-electron chi connectivity index (χ3n) is 4.24. The van der Waals surface area contributed by atoms with Gasteiger partial charge in [0.15, 0.2) is 0 Å². The highest BCUT2D eigenvalue weighted by molar-refractivity contribution is 5.32. The summed E-state index contributed by atoms with van der Waals surface area (Å²) in [4.78, 5) is 2.66. The summed E-state index contributed by atoms with van der Waals surface area (Å²) in [6.45, 7) is 9.10. The van der Waals surface area contributed by atoms with Gasteiger partial charge < -0.3 is 5.32 Å². The lowest BCUT2D eigenvalue weighted by molar-refractivity contribution is 0.190. The molecular weight excluding hydrogens is 220 g/mol. The van der Waals surface area contributed by atoms with Crippen molar-refractivity contribution in [1.82, 2.24) is 10.2 Å². The normalized spacial score (nSPS) is 22.3. The third-order valence-corrected chi connectivity index (χ3v) is 4.24. The molecular formula is C16H26N2. The summed E-state index contributed by atoms with van der Waals surface area (Å²) in [7, 11) is 2.05. The summed E-state index contributed by atoms with van der Waals surface area (Å²) in [5.41, 5.74) is 4.28. The Kier molecular flexibility index (Phi) is 4.41. The minimum absolute atomic E-state index is 0.534. The molecule has 100 valence electrons. The number of rotatable bonds is 4. The molecule has 0 spiro atoms. The van der Waals surface area contributed by atoms with Crippen molar-refractivity contribution >= 4 is 0 Å². The van der Waals surface area contributed by atoms with E-state index in [0.717, 1.165) is 6.54 Å². The second-order valence-electron chi connectivity index (χ2n) is 5.63. The molecule has 0 radical (unpaired) electrons. The highest BCUT2D eigenvalue weighted by Crippen LogP contribution is 2.30. The Hall–Kier alpha value is -0.860. The first kappa shape index (κ1) is 13.6. The molecule has 1 heterocycles. The van der Waals surface area contributed by atoms with Gasteiger partial charge in [-0.2, -0.15) is 0 Å². The highest BCUT2D eigenvalue weighted by atomic mass is 15.2. The van der Waals surface area contributed by atoms with Crippen molar-refractivity contribution < 1.29 is 0 Å². The van der Waals surface area contributed by atoms with Crippen LogP contribution in [0, 0.1) is 13.8 Å². The van der Waals surface area contributed by atoms with Crippen LogP contribution >= 0.6 is 0 Å². The molecule has 0 aromatic heterocycles. The number of nitrogens with zero attached hydrogens (tertiary/aromatic N) is 1. The lowest BCUT2D eigenvalue weighted by atomic mass is 9.98. The maximum atomic E-state index is 3.33. The Morgan fingerprint density at radius 1 is 1.39 bits per heavy atom. The number of likely N-dealkylation sites (N-methyl/N-ethyl adjacent to an activating group) is 1. The van der Waals surface area contributed by atoms with Crippen molar-refractivity contribution in [2.75, 3.05) is 20.1 Å². The molecule has 2 unspecified atom stereocenters. The van der Waals surface area contributed by atoms with Crippen LogP contribution in [0.15, 0.2) is 18.2 Å². The van der Waals surface area contributed by atoms with E-state index in [4.69, 9.17) is 0 Å². The molecule has 18 heavy (non-hydrogen) atoms. The molecule has 1 fully saturated rings. The molecule has 0 amide bonds. The summed E-state index contributed by atoms with van der Waals surface area (Å²) in [6.07, 6.45) is 2.66. The van der Waals surface area contributed by atoms with Gasteiger partial charge in [-0.1, -0.05) is 23.8 Å². The first-order valence-electron chi connectivity index (χ1n) is 7.11. The maximum Gasteiger partial charge on any atom is 0.0325 e. The van der Waals surface area contributed by atoms with E-state index < -0.39 is 0 Å². The largest absolute Gasteiger partial charge is 0.318 e. The zero-order chi connectivity index (χ0) is 13.1. The number of nitrogens with one attached hydrogen (secondary N) is 1. The van der Waals surface area contributed by atoms with Crippen molar-refractivity contribution in [3.8, 4) is 0 Å². The average molecular weight is 246 g/mol. The monoisotopic (exact) mass is 246 g/mol. The molecule has 2 atom stereocenters. The smallest absolute Gasteiger partial charge is 0.0325 e. The van der Waals surface area contributed by atoms with E-state index in [2.05, 4.69) is 56.2 Å². The van der Waals surface area contributed by atoms with Gasteiger partial charge in [-0.05, 0) is 58.3 Å². The zero-order valence-corrected chi connectivity index (χ0v) is 12.2. The fourth-order valence-electron chi connectivity index (χ4n) is 3.30. The first-order valence-corrected chi connectivity index (χ1v) is 7.11. The Balaban J connectivity index is 2.17. The zero-order valence-electron chi connectivity index (χ0n) is 12.2. The molecule has 1 saturated heterocycles. The summed E-state index contributed by atoms with van der Waals surface area (Å²) >= 11 is 0. The van der Waals surface area contributed by atoms with Crippen LogP contribution in [0.3, 0.4) is 0 Å². The van der Waals surface area contributed by atoms with Gasteiger partial charge in [-0.3, -0.25) is 4.90 Å². The molecule has 1 aromatic rings. The molecule has 1 aliphatic heterocycles. The van der Waals surface area contributed by atoms with Gasteiger partial charge in [0.25, 0.3) is 0 Å². The van der Waals surface area contributed by atoms with Crippen LogP contribution in [-0.2, 0) is 0 Å². The van der Waals surface area contributed by atoms with E-state index in [1.54, 1.807) is 0 Å². The summed E-state index contributed by atoms with van der Waals surface area (Å²) in [5.74, 6) is 0. The molecule has 0 bridgehead atoms. The maximum absolute atomic E-state index is 3.33. The second-order valence-corrected chi connectivity index (χ2v) is 5.63. The molecule has 1 aliphatic rings. The predicted octanol–water partition coefficient (Wildman–Crippen LogP) is 3.05. The van der Waals surface area contributed by atoms with Crippen molar-refractivity contribution in [2.24, 2.45) is 0 Å². The third kappa shape index (κ3) is 2.76. The Labute approximate surface area is 111 Å². The van der Waals surface area contributed by atoms with Gasteiger partial charge in [0, 0.05) is 18.6 Å². The fraction of sp³-hybridized carbons (Fsp3) is 0.625. The summed E-state index contributed by atoms with van der Waals surface area (Å²) < 4.78 is 0. The van der Waals surface area contributed by atoms with Gasteiger partial charge in [-0.25, -0.2) is 0 Å². The Morgan fingerprint density at radius 3 is 2.83 bits per heavy atom. The van der Waals surface area contributed by atoms with Crippen molar-refractivity contribution in [3.05, 3.63) is 34.9 Å². The minimum atomic E-state index is 0.534. The van der Waals surface area contributed by atoms with Crippen molar-refractivity contribution in [2.45, 2.75) is 45.7 Å². The molecule has 0 saturated carbocycles. The van der Waals surface area contributed by atoms with Crippen LogP contribution < -0.4 is 5.32 Å². The number of likely N-dealkylation sites (tertiary alicyclic amines) is 1. The summed E-state index contributed by atoms with van der Waals surface area (Å²) in [6, 6.07) is 8.08. The van der Waals surface area contributed by atoms with Gasteiger partial charge in [0.2, 0.25) is 0 Å². The van der Waals surface area contributed by atoms with Crippen LogP contribution in [0.25, 0.3) is 0 Å². The van der Waals surface area contributed by atoms with Gasteiger partial charge in [0.05, 0.1) is 0 Å². The Morgan fingerprint density at radius 2 is 2.17 bits per heavy atom. The van der Waals surface area contributed by atoms with Crippen LogP contribution in [0.5, 0.6) is 0 Å². The van der Waals surface area contributed by atoms with Crippen LogP contribution in [0.1, 0.15) is 42.5 Å². The SMILES string of the molecule is CNCC1CCCN1C(C)c1ccc(C)cc1C. The highest BCUT2D eigenvalue weighted by Gasteiger charge is 2.29. The van der Waals surface area contributed by atoms with E-state index in [1.165, 1.54) is 36.1 Å². The minimum Gasteiger partial charge on any atom is -0.318 e. The topological polar surface area (TPSA) is 15.3 Å². The molecule has 0 aliphatic carbocycles.